The van der Waals surface area contributed by atoms with Crippen LogP contribution in [0.4, 0.5) is 0 Å². The van der Waals surface area contributed by atoms with Crippen molar-refractivity contribution in [1.29, 1.82) is 0 Å². The molecule has 0 aromatic carbocycles. The summed E-state index contributed by atoms with van der Waals surface area (Å²) in [6.45, 7) is 6.15. The fourth-order valence-electron chi connectivity index (χ4n) is 2.63. The molecule has 0 spiro atoms. The average molecular weight is 299 g/mol. The first kappa shape index (κ1) is 16.3. The highest BCUT2D eigenvalue weighted by Crippen LogP contribution is 2.20. The molecule has 1 atom stereocenters. The number of nitrogens with zero attached hydrogens (tertiary/aromatic N) is 2. The standard InChI is InChI=1S/C18H25N3O/c1-5-6-9-17(15-8-7-10-19-12-15)20-18(22)16-11-13(2)21(4)14(16)3/h7-8,10-12,17H,5-6,9H2,1-4H3,(H,20,22)/t17-/m0/s1. The Morgan fingerprint density at radius 3 is 2.73 bits per heavy atom. The highest BCUT2D eigenvalue weighted by Gasteiger charge is 2.19. The lowest BCUT2D eigenvalue weighted by atomic mass is 10.0. The molecular formula is C18H25N3O. The fourth-order valence-corrected chi connectivity index (χ4v) is 2.63. The molecule has 4 heteroatoms. The summed E-state index contributed by atoms with van der Waals surface area (Å²) < 4.78 is 2.04. The van der Waals surface area contributed by atoms with E-state index in [1.165, 1.54) is 0 Å². The van der Waals surface area contributed by atoms with Crippen molar-refractivity contribution >= 4 is 5.91 Å². The molecule has 4 nitrogen and oxygen atoms in total. The number of hydrogen-bond acceptors (Lipinski definition) is 2. The highest BCUT2D eigenvalue weighted by atomic mass is 16.1. The number of nitrogens with one attached hydrogen (secondary N) is 1. The van der Waals surface area contributed by atoms with E-state index >= 15 is 0 Å². The Hall–Kier alpha value is -2.10. The maximum atomic E-state index is 12.6. The number of pyridine rings is 1. The minimum absolute atomic E-state index is 0.00819. The third kappa shape index (κ3) is 3.56. The van der Waals surface area contributed by atoms with E-state index in [-0.39, 0.29) is 11.9 Å². The fraction of sp³-hybridized carbons (Fsp3) is 0.444. The second-order valence-electron chi connectivity index (χ2n) is 5.80. The molecule has 0 aliphatic heterocycles. The Kier molecular flexibility index (Phi) is 5.36. The van der Waals surface area contributed by atoms with Gasteiger partial charge in [0.2, 0.25) is 0 Å². The van der Waals surface area contributed by atoms with Gasteiger partial charge in [-0.05, 0) is 38.0 Å². The summed E-state index contributed by atoms with van der Waals surface area (Å²) in [6, 6.07) is 5.90. The molecule has 0 saturated carbocycles. The maximum absolute atomic E-state index is 12.6. The minimum atomic E-state index is -0.00819. The number of amides is 1. The Morgan fingerprint density at radius 1 is 1.41 bits per heavy atom. The zero-order valence-corrected chi connectivity index (χ0v) is 13.9. The van der Waals surface area contributed by atoms with Gasteiger partial charge in [-0.2, -0.15) is 0 Å². The summed E-state index contributed by atoms with van der Waals surface area (Å²) in [5, 5.41) is 3.17. The van der Waals surface area contributed by atoms with Crippen LogP contribution in [-0.4, -0.2) is 15.5 Å². The summed E-state index contributed by atoms with van der Waals surface area (Å²) in [6.07, 6.45) is 6.71. The van der Waals surface area contributed by atoms with Gasteiger partial charge < -0.3 is 9.88 Å². The van der Waals surface area contributed by atoms with Crippen LogP contribution in [0.1, 0.15) is 59.5 Å². The molecule has 0 aliphatic rings. The molecule has 2 aromatic rings. The molecule has 0 saturated heterocycles. The van der Waals surface area contributed by atoms with Crippen molar-refractivity contribution in [1.82, 2.24) is 14.9 Å². The van der Waals surface area contributed by atoms with Crippen molar-refractivity contribution in [3.63, 3.8) is 0 Å². The van der Waals surface area contributed by atoms with E-state index in [0.29, 0.717) is 0 Å². The van der Waals surface area contributed by atoms with Crippen molar-refractivity contribution in [2.75, 3.05) is 0 Å². The summed E-state index contributed by atoms with van der Waals surface area (Å²) in [7, 11) is 1.98. The summed E-state index contributed by atoms with van der Waals surface area (Å²) >= 11 is 0. The predicted molar refractivity (Wildman–Crippen MR) is 88.9 cm³/mol. The molecule has 2 aromatic heterocycles. The lowest BCUT2D eigenvalue weighted by Crippen LogP contribution is -2.29. The first-order valence-corrected chi connectivity index (χ1v) is 7.88. The number of carbonyl (C=O) groups is 1. The van der Waals surface area contributed by atoms with Crippen molar-refractivity contribution in [3.8, 4) is 0 Å². The largest absolute Gasteiger partial charge is 0.351 e. The molecule has 118 valence electrons. The van der Waals surface area contributed by atoms with Crippen LogP contribution in [0, 0.1) is 13.8 Å². The third-order valence-electron chi connectivity index (χ3n) is 4.26. The number of rotatable bonds is 6. The van der Waals surface area contributed by atoms with Gasteiger partial charge in [0, 0.05) is 30.8 Å². The normalized spacial score (nSPS) is 12.2. The summed E-state index contributed by atoms with van der Waals surface area (Å²) in [5.74, 6) is -0.00819. The molecular weight excluding hydrogens is 274 g/mol. The predicted octanol–water partition coefficient (Wildman–Crippen LogP) is 3.70. The van der Waals surface area contributed by atoms with Gasteiger partial charge in [0.1, 0.15) is 0 Å². The smallest absolute Gasteiger partial charge is 0.253 e. The summed E-state index contributed by atoms with van der Waals surface area (Å²) in [5.41, 5.74) is 3.91. The first-order valence-electron chi connectivity index (χ1n) is 7.88. The van der Waals surface area contributed by atoms with E-state index in [1.807, 2.05) is 49.9 Å². The van der Waals surface area contributed by atoms with Crippen LogP contribution in [0.3, 0.4) is 0 Å². The van der Waals surface area contributed by atoms with E-state index < -0.39 is 0 Å². The van der Waals surface area contributed by atoms with Crippen LogP contribution in [0.25, 0.3) is 0 Å². The number of aryl methyl sites for hydroxylation is 1. The minimum Gasteiger partial charge on any atom is -0.351 e. The van der Waals surface area contributed by atoms with Crippen molar-refractivity contribution in [3.05, 3.63) is 53.1 Å². The van der Waals surface area contributed by atoms with Gasteiger partial charge in [-0.15, -0.1) is 0 Å². The van der Waals surface area contributed by atoms with Crippen LogP contribution in [0.15, 0.2) is 30.6 Å². The van der Waals surface area contributed by atoms with Crippen LogP contribution >= 0.6 is 0 Å². The molecule has 0 bridgehead atoms. The maximum Gasteiger partial charge on any atom is 0.253 e. The lowest BCUT2D eigenvalue weighted by molar-refractivity contribution is 0.0933. The quantitative estimate of drug-likeness (QED) is 0.884. The van der Waals surface area contributed by atoms with Gasteiger partial charge in [0.05, 0.1) is 11.6 Å². The number of hydrogen-bond donors (Lipinski definition) is 1. The Bertz CT molecular complexity index is 631. The van der Waals surface area contributed by atoms with Crippen LogP contribution in [0.2, 0.25) is 0 Å². The molecule has 2 rings (SSSR count). The van der Waals surface area contributed by atoms with E-state index in [9.17, 15) is 4.79 Å². The van der Waals surface area contributed by atoms with Crippen LogP contribution < -0.4 is 5.32 Å². The first-order chi connectivity index (χ1) is 10.5. The van der Waals surface area contributed by atoms with E-state index in [4.69, 9.17) is 0 Å². The molecule has 0 fully saturated rings. The molecule has 0 aliphatic carbocycles. The molecule has 22 heavy (non-hydrogen) atoms. The Balaban J connectivity index is 2.19. The highest BCUT2D eigenvalue weighted by molar-refractivity contribution is 5.96. The van der Waals surface area contributed by atoms with Gasteiger partial charge in [-0.25, -0.2) is 0 Å². The van der Waals surface area contributed by atoms with Gasteiger partial charge in [0.15, 0.2) is 0 Å². The summed E-state index contributed by atoms with van der Waals surface area (Å²) in [4.78, 5) is 16.8. The molecule has 2 heterocycles. The second kappa shape index (κ2) is 7.25. The van der Waals surface area contributed by atoms with Gasteiger partial charge in [-0.3, -0.25) is 9.78 Å². The Labute approximate surface area is 132 Å². The number of aromatic nitrogens is 2. The molecule has 0 radical (unpaired) electrons. The molecule has 1 N–H and O–H groups in total. The van der Waals surface area contributed by atoms with Gasteiger partial charge in [0.25, 0.3) is 5.91 Å². The van der Waals surface area contributed by atoms with E-state index in [1.54, 1.807) is 6.20 Å². The zero-order valence-electron chi connectivity index (χ0n) is 13.9. The SMILES string of the molecule is CCCC[C@H](NC(=O)c1cc(C)n(C)c1C)c1cccnc1. The third-order valence-corrected chi connectivity index (χ3v) is 4.26. The van der Waals surface area contributed by atoms with Gasteiger partial charge in [-0.1, -0.05) is 25.8 Å². The van der Waals surface area contributed by atoms with Crippen molar-refractivity contribution in [2.45, 2.75) is 46.1 Å². The monoisotopic (exact) mass is 299 g/mol. The van der Waals surface area contributed by atoms with Crippen molar-refractivity contribution in [2.24, 2.45) is 7.05 Å². The van der Waals surface area contributed by atoms with E-state index in [0.717, 1.165) is 41.8 Å². The average Bonchev–Trinajstić information content (AvgIpc) is 2.79. The number of unbranched alkanes of at least 4 members (excludes halogenated alkanes) is 1. The number of carbonyl (C=O) groups excluding carboxylic acids is 1. The van der Waals surface area contributed by atoms with Crippen LogP contribution in [0.5, 0.6) is 0 Å². The second-order valence-corrected chi connectivity index (χ2v) is 5.80. The van der Waals surface area contributed by atoms with E-state index in [2.05, 4.69) is 17.2 Å². The molecule has 0 unspecified atom stereocenters. The van der Waals surface area contributed by atoms with Gasteiger partial charge >= 0.3 is 0 Å². The lowest BCUT2D eigenvalue weighted by Gasteiger charge is -2.18. The van der Waals surface area contributed by atoms with Crippen molar-refractivity contribution < 1.29 is 4.79 Å². The zero-order chi connectivity index (χ0) is 16.1. The molecule has 1 amide bonds. The Morgan fingerprint density at radius 2 is 2.18 bits per heavy atom. The van der Waals surface area contributed by atoms with Crippen LogP contribution in [-0.2, 0) is 7.05 Å². The topological polar surface area (TPSA) is 46.9 Å².